The molecule has 1 saturated carbocycles. The maximum Gasteiger partial charge on any atom is 0.184 e. The van der Waals surface area contributed by atoms with E-state index in [1.807, 2.05) is 11.9 Å². The molecule has 1 fully saturated rings. The topological polar surface area (TPSA) is 21.1 Å². The Bertz CT molecular complexity index is 586. The fraction of sp³-hybridized carbons (Fsp3) is 0.533. The minimum absolute atomic E-state index is 0.771. The second kappa shape index (κ2) is 4.84. The van der Waals surface area contributed by atoms with E-state index in [4.69, 9.17) is 4.98 Å². The zero-order chi connectivity index (χ0) is 12.7. The van der Waals surface area contributed by atoms with Crippen LogP contribution in [0.3, 0.4) is 0 Å². The highest BCUT2D eigenvalue weighted by Gasteiger charge is 2.27. The highest BCUT2D eigenvalue weighted by atomic mass is 32.2. The number of aromatic nitrogens is 2. The summed E-state index contributed by atoms with van der Waals surface area (Å²) >= 11 is 1.87. The third kappa shape index (κ3) is 2.07. The second-order valence-electron chi connectivity index (χ2n) is 5.56. The van der Waals surface area contributed by atoms with Crippen molar-refractivity contribution in [2.45, 2.75) is 49.8 Å². The molecule has 1 aromatic carbocycles. The van der Waals surface area contributed by atoms with Gasteiger partial charge in [-0.3, -0.25) is 0 Å². The van der Waals surface area contributed by atoms with Crippen LogP contribution in [0.5, 0.6) is 0 Å². The lowest BCUT2D eigenvalue weighted by molar-refractivity contribution is 0.255. The summed E-state index contributed by atoms with van der Waals surface area (Å²) in [5.41, 5.74) is 2.42. The number of para-hydroxylation sites is 2. The Morgan fingerprint density at radius 1 is 1.05 bits per heavy atom. The predicted octanol–water partition coefficient (Wildman–Crippen LogP) is 3.69. The van der Waals surface area contributed by atoms with E-state index in [1.165, 1.54) is 42.8 Å². The standard InChI is InChI=1S/C15H19N3S/c1-2-6-12(7-3-1)18-11-10-17-14-9-5-4-8-13(14)16-15(17)19-18/h4-5,8-9,12H,1-3,6-7,10-11H2. The maximum absolute atomic E-state index is 4.78. The maximum atomic E-state index is 4.78. The smallest absolute Gasteiger partial charge is 0.184 e. The molecule has 0 unspecified atom stereocenters. The van der Waals surface area contributed by atoms with Gasteiger partial charge in [-0.05, 0) is 36.9 Å². The average Bonchev–Trinajstić information content (AvgIpc) is 2.86. The fourth-order valence-electron chi connectivity index (χ4n) is 3.31. The van der Waals surface area contributed by atoms with E-state index in [0.29, 0.717) is 0 Å². The number of rotatable bonds is 1. The minimum Gasteiger partial charge on any atom is -0.317 e. The molecule has 0 saturated heterocycles. The van der Waals surface area contributed by atoms with Gasteiger partial charge >= 0.3 is 0 Å². The molecular formula is C15H19N3S. The van der Waals surface area contributed by atoms with E-state index >= 15 is 0 Å². The number of fused-ring (bicyclic) bond motifs is 3. The number of hydrogen-bond acceptors (Lipinski definition) is 3. The predicted molar refractivity (Wildman–Crippen MR) is 79.2 cm³/mol. The van der Waals surface area contributed by atoms with Crippen LogP contribution >= 0.6 is 11.9 Å². The van der Waals surface area contributed by atoms with Gasteiger partial charge in [0.15, 0.2) is 5.16 Å². The summed E-state index contributed by atoms with van der Waals surface area (Å²) < 4.78 is 4.96. The van der Waals surface area contributed by atoms with Gasteiger partial charge in [0.05, 0.1) is 11.0 Å². The van der Waals surface area contributed by atoms with Crippen molar-refractivity contribution in [2.75, 3.05) is 6.54 Å². The second-order valence-corrected chi connectivity index (χ2v) is 6.58. The summed E-state index contributed by atoms with van der Waals surface area (Å²) in [6.45, 7) is 2.24. The first-order chi connectivity index (χ1) is 9.42. The number of nitrogens with zero attached hydrogens (tertiary/aromatic N) is 3. The van der Waals surface area contributed by atoms with Crippen molar-refractivity contribution in [1.82, 2.24) is 13.9 Å². The minimum atomic E-state index is 0.771. The fourth-order valence-corrected chi connectivity index (χ4v) is 4.48. The molecule has 2 aliphatic rings. The molecule has 0 radical (unpaired) electrons. The van der Waals surface area contributed by atoms with Crippen molar-refractivity contribution in [1.29, 1.82) is 0 Å². The van der Waals surface area contributed by atoms with Crippen LogP contribution in [0, 0.1) is 0 Å². The first-order valence-electron chi connectivity index (χ1n) is 7.32. The summed E-state index contributed by atoms with van der Waals surface area (Å²) in [6, 6.07) is 9.25. The normalized spacial score (nSPS) is 21.7. The van der Waals surface area contributed by atoms with E-state index < -0.39 is 0 Å². The molecule has 0 amide bonds. The SMILES string of the molecule is c1ccc2c(c1)nc1n2CCN(C2CCCCC2)S1. The van der Waals surface area contributed by atoms with E-state index in [2.05, 4.69) is 33.1 Å². The van der Waals surface area contributed by atoms with Gasteiger partial charge in [-0.1, -0.05) is 31.4 Å². The highest BCUT2D eigenvalue weighted by Crippen LogP contribution is 2.35. The van der Waals surface area contributed by atoms with Crippen molar-refractivity contribution >= 4 is 23.0 Å². The monoisotopic (exact) mass is 273 g/mol. The largest absolute Gasteiger partial charge is 0.317 e. The van der Waals surface area contributed by atoms with E-state index in [-0.39, 0.29) is 0 Å². The molecule has 0 spiro atoms. The van der Waals surface area contributed by atoms with Gasteiger partial charge in [-0.2, -0.15) is 0 Å². The Balaban J connectivity index is 1.62. The van der Waals surface area contributed by atoms with Crippen LogP contribution in [0.15, 0.2) is 29.4 Å². The summed E-state index contributed by atoms with van der Waals surface area (Å²) in [5, 5.41) is 1.18. The number of hydrogen-bond donors (Lipinski definition) is 0. The molecule has 4 heteroatoms. The molecular weight excluding hydrogens is 254 g/mol. The number of imidazole rings is 1. The summed E-state index contributed by atoms with van der Waals surface area (Å²) in [4.78, 5) is 4.78. The molecule has 19 heavy (non-hydrogen) atoms. The van der Waals surface area contributed by atoms with E-state index in [9.17, 15) is 0 Å². The van der Waals surface area contributed by atoms with E-state index in [1.54, 1.807) is 0 Å². The van der Waals surface area contributed by atoms with Crippen LogP contribution in [0.25, 0.3) is 11.0 Å². The summed E-state index contributed by atoms with van der Waals surface area (Å²) in [6.07, 6.45) is 6.96. The molecule has 100 valence electrons. The quantitative estimate of drug-likeness (QED) is 0.739. The summed E-state index contributed by atoms with van der Waals surface area (Å²) in [5.74, 6) is 0. The van der Waals surface area contributed by atoms with Crippen molar-refractivity contribution < 1.29 is 0 Å². The van der Waals surface area contributed by atoms with Gasteiger partial charge in [0.1, 0.15) is 0 Å². The van der Waals surface area contributed by atoms with Crippen molar-refractivity contribution in [3.63, 3.8) is 0 Å². The lowest BCUT2D eigenvalue weighted by atomic mass is 9.95. The lowest BCUT2D eigenvalue weighted by Crippen LogP contribution is -2.36. The summed E-state index contributed by atoms with van der Waals surface area (Å²) in [7, 11) is 0. The Morgan fingerprint density at radius 3 is 2.79 bits per heavy atom. The van der Waals surface area contributed by atoms with Crippen LogP contribution in [0.4, 0.5) is 0 Å². The number of benzene rings is 1. The van der Waals surface area contributed by atoms with Crippen LogP contribution in [0.1, 0.15) is 32.1 Å². The Morgan fingerprint density at radius 2 is 1.89 bits per heavy atom. The Hall–Kier alpha value is -1.000. The molecule has 1 aliphatic heterocycles. The Kier molecular flexibility index (Phi) is 3.00. The van der Waals surface area contributed by atoms with Crippen molar-refractivity contribution in [2.24, 2.45) is 0 Å². The molecule has 2 aromatic rings. The van der Waals surface area contributed by atoms with Gasteiger partial charge < -0.3 is 4.57 Å². The molecule has 0 bridgehead atoms. The van der Waals surface area contributed by atoms with Gasteiger partial charge in [-0.25, -0.2) is 9.29 Å². The average molecular weight is 273 g/mol. The van der Waals surface area contributed by atoms with Gasteiger partial charge in [0.25, 0.3) is 0 Å². The van der Waals surface area contributed by atoms with Crippen LogP contribution in [-0.4, -0.2) is 26.4 Å². The lowest BCUT2D eigenvalue weighted by Gasteiger charge is -2.35. The zero-order valence-corrected chi connectivity index (χ0v) is 11.9. The van der Waals surface area contributed by atoms with Gasteiger partial charge in [0.2, 0.25) is 0 Å². The van der Waals surface area contributed by atoms with Crippen LogP contribution in [0.2, 0.25) is 0 Å². The highest BCUT2D eigenvalue weighted by molar-refractivity contribution is 7.96. The zero-order valence-electron chi connectivity index (χ0n) is 11.1. The molecule has 2 heterocycles. The van der Waals surface area contributed by atoms with Crippen molar-refractivity contribution in [3.05, 3.63) is 24.3 Å². The molecule has 1 aliphatic carbocycles. The molecule has 4 rings (SSSR count). The van der Waals surface area contributed by atoms with E-state index in [0.717, 1.165) is 24.6 Å². The first-order valence-corrected chi connectivity index (χ1v) is 8.09. The molecule has 1 aromatic heterocycles. The van der Waals surface area contributed by atoms with Gasteiger partial charge in [-0.15, -0.1) is 0 Å². The Labute approximate surface area is 118 Å². The van der Waals surface area contributed by atoms with Gasteiger partial charge in [0, 0.05) is 19.1 Å². The molecule has 3 nitrogen and oxygen atoms in total. The molecule has 0 N–H and O–H groups in total. The third-order valence-electron chi connectivity index (χ3n) is 4.34. The van der Waals surface area contributed by atoms with Crippen molar-refractivity contribution in [3.8, 4) is 0 Å². The third-order valence-corrected chi connectivity index (χ3v) is 5.53. The first kappa shape index (κ1) is 11.8. The van der Waals surface area contributed by atoms with Crippen LogP contribution in [-0.2, 0) is 6.54 Å². The van der Waals surface area contributed by atoms with Crippen LogP contribution < -0.4 is 0 Å². The molecule has 0 atom stereocenters.